The van der Waals surface area contributed by atoms with Crippen LogP contribution in [0.3, 0.4) is 0 Å². The normalized spacial score (nSPS) is 14.5. The number of carbonyl (C=O) groups excluding carboxylic acids is 1. The number of amides is 1. The summed E-state index contributed by atoms with van der Waals surface area (Å²) >= 11 is 0. The monoisotopic (exact) mass is 398 g/mol. The summed E-state index contributed by atoms with van der Waals surface area (Å²) in [5.74, 6) is 1.42. The van der Waals surface area contributed by atoms with Gasteiger partial charge in [-0.25, -0.2) is 5.43 Å². The van der Waals surface area contributed by atoms with Crippen molar-refractivity contribution in [1.82, 2.24) is 15.0 Å². The number of aromatic nitrogens is 3. The molecule has 0 aliphatic carbocycles. The SMILES string of the molecule is CC(=O)Nc1ccc(/C(C)=N\Nc2nc(N(C)C)nc(N3CCOCC3)n2)cc1. The third-order valence-corrected chi connectivity index (χ3v) is 4.25. The Hall–Kier alpha value is -3.27. The molecule has 0 radical (unpaired) electrons. The second-order valence-electron chi connectivity index (χ2n) is 6.82. The Morgan fingerprint density at radius 2 is 1.79 bits per heavy atom. The minimum absolute atomic E-state index is 0.104. The highest BCUT2D eigenvalue weighted by Crippen LogP contribution is 2.17. The molecule has 10 nitrogen and oxygen atoms in total. The Bertz CT molecular complexity index is 876. The highest BCUT2D eigenvalue weighted by molar-refractivity contribution is 5.99. The highest BCUT2D eigenvalue weighted by Gasteiger charge is 2.17. The molecule has 1 amide bonds. The predicted octanol–water partition coefficient (Wildman–Crippen LogP) is 1.57. The van der Waals surface area contributed by atoms with Crippen molar-refractivity contribution < 1.29 is 9.53 Å². The Kier molecular flexibility index (Phi) is 6.55. The van der Waals surface area contributed by atoms with Gasteiger partial charge in [0.25, 0.3) is 0 Å². The molecule has 1 aliphatic rings. The third-order valence-electron chi connectivity index (χ3n) is 4.25. The van der Waals surface area contributed by atoms with Crippen molar-refractivity contribution in [3.8, 4) is 0 Å². The number of hydrogen-bond acceptors (Lipinski definition) is 9. The lowest BCUT2D eigenvalue weighted by Gasteiger charge is -2.27. The van der Waals surface area contributed by atoms with E-state index in [0.717, 1.165) is 30.1 Å². The van der Waals surface area contributed by atoms with E-state index < -0.39 is 0 Å². The topological polar surface area (TPSA) is 108 Å². The second-order valence-corrected chi connectivity index (χ2v) is 6.82. The van der Waals surface area contributed by atoms with Crippen molar-refractivity contribution in [2.45, 2.75) is 13.8 Å². The summed E-state index contributed by atoms with van der Waals surface area (Å²) in [4.78, 5) is 28.5. The van der Waals surface area contributed by atoms with Crippen molar-refractivity contribution >= 4 is 35.2 Å². The molecule has 1 fully saturated rings. The van der Waals surface area contributed by atoms with Gasteiger partial charge in [-0.2, -0.15) is 20.1 Å². The zero-order valence-electron chi connectivity index (χ0n) is 17.1. The summed E-state index contributed by atoms with van der Waals surface area (Å²) in [5, 5.41) is 7.15. The van der Waals surface area contributed by atoms with Gasteiger partial charge in [-0.1, -0.05) is 12.1 Å². The quantitative estimate of drug-likeness (QED) is 0.558. The zero-order valence-corrected chi connectivity index (χ0v) is 17.1. The van der Waals surface area contributed by atoms with E-state index in [0.29, 0.717) is 31.1 Å². The van der Waals surface area contributed by atoms with Crippen LogP contribution >= 0.6 is 0 Å². The molecule has 0 unspecified atom stereocenters. The summed E-state index contributed by atoms with van der Waals surface area (Å²) in [5.41, 5.74) is 5.36. The second kappa shape index (κ2) is 9.28. The number of hydrazone groups is 1. The van der Waals surface area contributed by atoms with Crippen LogP contribution in [0.25, 0.3) is 0 Å². The van der Waals surface area contributed by atoms with Crippen LogP contribution in [-0.2, 0) is 9.53 Å². The highest BCUT2D eigenvalue weighted by atomic mass is 16.5. The van der Waals surface area contributed by atoms with Crippen molar-refractivity contribution in [2.24, 2.45) is 5.10 Å². The van der Waals surface area contributed by atoms with Crippen LogP contribution in [0.5, 0.6) is 0 Å². The molecular weight excluding hydrogens is 372 g/mol. The van der Waals surface area contributed by atoms with Gasteiger partial charge in [-0.15, -0.1) is 0 Å². The molecule has 0 bridgehead atoms. The van der Waals surface area contributed by atoms with Crippen LogP contribution in [0.15, 0.2) is 29.4 Å². The first-order valence-corrected chi connectivity index (χ1v) is 9.37. The minimum atomic E-state index is -0.104. The van der Waals surface area contributed by atoms with E-state index in [1.807, 2.05) is 50.2 Å². The molecule has 0 saturated carbocycles. The van der Waals surface area contributed by atoms with Crippen LogP contribution in [0.1, 0.15) is 19.4 Å². The van der Waals surface area contributed by atoms with Gasteiger partial charge in [0, 0.05) is 39.8 Å². The summed E-state index contributed by atoms with van der Waals surface area (Å²) in [6.45, 7) is 6.14. The molecule has 0 atom stereocenters. The molecule has 1 aromatic heterocycles. The molecule has 1 aromatic carbocycles. The molecule has 154 valence electrons. The van der Waals surface area contributed by atoms with Crippen LogP contribution < -0.4 is 20.5 Å². The van der Waals surface area contributed by atoms with Gasteiger partial charge in [0.05, 0.1) is 18.9 Å². The molecule has 2 N–H and O–H groups in total. The summed E-state index contributed by atoms with van der Waals surface area (Å²) in [6, 6.07) is 7.45. The number of nitrogens with zero attached hydrogens (tertiary/aromatic N) is 6. The maximum Gasteiger partial charge on any atom is 0.250 e. The van der Waals surface area contributed by atoms with Gasteiger partial charge >= 0.3 is 0 Å². The van der Waals surface area contributed by atoms with E-state index in [9.17, 15) is 4.79 Å². The van der Waals surface area contributed by atoms with Crippen LogP contribution in [0.4, 0.5) is 23.5 Å². The van der Waals surface area contributed by atoms with Crippen LogP contribution in [0.2, 0.25) is 0 Å². The fourth-order valence-corrected chi connectivity index (χ4v) is 2.71. The Balaban J connectivity index is 1.77. The van der Waals surface area contributed by atoms with Crippen molar-refractivity contribution in [3.63, 3.8) is 0 Å². The van der Waals surface area contributed by atoms with Gasteiger partial charge in [-0.3, -0.25) is 4.79 Å². The Morgan fingerprint density at radius 1 is 1.10 bits per heavy atom. The van der Waals surface area contributed by atoms with E-state index in [-0.39, 0.29) is 5.91 Å². The Labute approximate surface area is 170 Å². The van der Waals surface area contributed by atoms with Gasteiger partial charge in [0.2, 0.25) is 23.8 Å². The lowest BCUT2D eigenvalue weighted by molar-refractivity contribution is -0.114. The molecule has 2 aromatic rings. The lowest BCUT2D eigenvalue weighted by atomic mass is 10.1. The predicted molar refractivity (Wildman–Crippen MR) is 114 cm³/mol. The Morgan fingerprint density at radius 3 is 2.41 bits per heavy atom. The number of anilines is 4. The number of benzene rings is 1. The number of nitrogens with one attached hydrogen (secondary N) is 2. The molecule has 1 aliphatic heterocycles. The van der Waals surface area contributed by atoms with Crippen molar-refractivity contribution in [3.05, 3.63) is 29.8 Å². The van der Waals surface area contributed by atoms with E-state index in [1.165, 1.54) is 6.92 Å². The van der Waals surface area contributed by atoms with E-state index in [2.05, 4.69) is 35.7 Å². The number of rotatable bonds is 6. The average Bonchev–Trinajstić information content (AvgIpc) is 2.72. The van der Waals surface area contributed by atoms with Gasteiger partial charge < -0.3 is 19.9 Å². The smallest absolute Gasteiger partial charge is 0.250 e. The van der Waals surface area contributed by atoms with Crippen LogP contribution in [-0.4, -0.2) is 67.0 Å². The lowest BCUT2D eigenvalue weighted by Crippen LogP contribution is -2.37. The maximum atomic E-state index is 11.1. The van der Waals surface area contributed by atoms with Gasteiger partial charge in [0.15, 0.2) is 0 Å². The minimum Gasteiger partial charge on any atom is -0.378 e. The number of morpholine rings is 1. The van der Waals surface area contributed by atoms with Crippen molar-refractivity contribution in [2.75, 3.05) is 60.9 Å². The summed E-state index contributed by atoms with van der Waals surface area (Å²) in [7, 11) is 3.76. The fraction of sp³-hybridized carbons (Fsp3) is 0.421. The summed E-state index contributed by atoms with van der Waals surface area (Å²) < 4.78 is 5.40. The van der Waals surface area contributed by atoms with Crippen molar-refractivity contribution in [1.29, 1.82) is 0 Å². The van der Waals surface area contributed by atoms with Crippen LogP contribution in [0, 0.1) is 0 Å². The first-order chi connectivity index (χ1) is 13.9. The average molecular weight is 398 g/mol. The van der Waals surface area contributed by atoms with E-state index in [4.69, 9.17) is 4.74 Å². The molecule has 10 heteroatoms. The molecule has 3 rings (SSSR count). The number of ether oxygens (including phenoxy) is 1. The number of hydrogen-bond donors (Lipinski definition) is 2. The molecule has 0 spiro atoms. The first-order valence-electron chi connectivity index (χ1n) is 9.37. The fourth-order valence-electron chi connectivity index (χ4n) is 2.71. The van der Waals surface area contributed by atoms with Gasteiger partial charge in [0.1, 0.15) is 0 Å². The molecule has 29 heavy (non-hydrogen) atoms. The first kappa shape index (κ1) is 20.5. The summed E-state index contributed by atoms with van der Waals surface area (Å²) in [6.07, 6.45) is 0. The van der Waals surface area contributed by atoms with Gasteiger partial charge in [-0.05, 0) is 24.6 Å². The van der Waals surface area contributed by atoms with E-state index >= 15 is 0 Å². The molecule has 1 saturated heterocycles. The molecular formula is C19H26N8O2. The molecule has 2 heterocycles. The number of carbonyl (C=O) groups is 1. The maximum absolute atomic E-state index is 11.1. The zero-order chi connectivity index (χ0) is 20.8. The largest absolute Gasteiger partial charge is 0.378 e. The third kappa shape index (κ3) is 5.61. The van der Waals surface area contributed by atoms with E-state index in [1.54, 1.807) is 0 Å². The standard InChI is InChI=1S/C19H26N8O2/c1-13(15-5-7-16(8-6-15)20-14(2)28)24-25-17-21-18(26(3)4)23-19(22-17)27-9-11-29-12-10-27/h5-8H,9-12H2,1-4H3,(H,20,28)(H,21,22,23,25)/b24-13-.